The summed E-state index contributed by atoms with van der Waals surface area (Å²) in [6.45, 7) is 0.754. The Morgan fingerprint density at radius 2 is 2.05 bits per heavy atom. The molecular formula is C12H13ClN4O2. The minimum absolute atomic E-state index is 0.0886. The standard InChI is InChI=1S/C12H13ClN4O2/c13-11-8-3-1-2-4-9(8)12(17-16-11)15-5-6-19-7-10(14)18/h1-4H,5-7H2,(H2,14,18)(H,15,17). The van der Waals surface area contributed by atoms with E-state index < -0.39 is 5.91 Å². The van der Waals surface area contributed by atoms with E-state index in [4.69, 9.17) is 22.1 Å². The Bertz CT molecular complexity index is 591. The van der Waals surface area contributed by atoms with E-state index in [-0.39, 0.29) is 6.61 Å². The highest BCUT2D eigenvalue weighted by Crippen LogP contribution is 2.25. The average molecular weight is 281 g/mol. The van der Waals surface area contributed by atoms with E-state index in [1.165, 1.54) is 0 Å². The highest BCUT2D eigenvalue weighted by molar-refractivity contribution is 6.34. The number of nitrogens with zero attached hydrogens (tertiary/aromatic N) is 2. The van der Waals surface area contributed by atoms with Gasteiger partial charge in [0.05, 0.1) is 6.61 Å². The van der Waals surface area contributed by atoms with Gasteiger partial charge >= 0.3 is 0 Å². The van der Waals surface area contributed by atoms with E-state index in [1.54, 1.807) is 0 Å². The second-order valence-corrected chi connectivity index (χ2v) is 4.19. The summed E-state index contributed by atoms with van der Waals surface area (Å²) in [5.74, 6) is 0.138. The van der Waals surface area contributed by atoms with Crippen LogP contribution in [0.5, 0.6) is 0 Å². The van der Waals surface area contributed by atoms with Crippen LogP contribution in [0.25, 0.3) is 10.8 Å². The van der Waals surface area contributed by atoms with Gasteiger partial charge in [-0.05, 0) is 0 Å². The SMILES string of the molecule is NC(=O)COCCNc1nnc(Cl)c2ccccc12. The molecule has 0 unspecified atom stereocenters. The van der Waals surface area contributed by atoms with Crippen molar-refractivity contribution in [1.82, 2.24) is 10.2 Å². The molecular weight excluding hydrogens is 268 g/mol. The third-order valence-corrected chi connectivity index (χ3v) is 2.70. The lowest BCUT2D eigenvalue weighted by atomic mass is 10.2. The fraction of sp³-hybridized carbons (Fsp3) is 0.250. The number of halogens is 1. The van der Waals surface area contributed by atoms with Crippen molar-refractivity contribution in [2.75, 3.05) is 25.1 Å². The number of nitrogens with two attached hydrogens (primary N) is 1. The fourth-order valence-corrected chi connectivity index (χ4v) is 1.82. The molecule has 1 heterocycles. The number of nitrogens with one attached hydrogen (secondary N) is 1. The molecule has 0 saturated heterocycles. The molecule has 0 aliphatic rings. The Balaban J connectivity index is 2.01. The number of hydrogen-bond acceptors (Lipinski definition) is 5. The van der Waals surface area contributed by atoms with Crippen LogP contribution in [-0.2, 0) is 9.53 Å². The molecule has 2 aromatic rings. The number of amides is 1. The van der Waals surface area contributed by atoms with Gasteiger partial charge in [-0.1, -0.05) is 35.9 Å². The molecule has 0 fully saturated rings. The van der Waals surface area contributed by atoms with Crippen LogP contribution in [0.15, 0.2) is 24.3 Å². The molecule has 0 aliphatic carbocycles. The molecule has 7 heteroatoms. The molecule has 1 aromatic carbocycles. The number of aromatic nitrogens is 2. The molecule has 0 spiro atoms. The zero-order valence-corrected chi connectivity index (χ0v) is 10.9. The van der Waals surface area contributed by atoms with E-state index in [9.17, 15) is 4.79 Å². The molecule has 0 atom stereocenters. The summed E-state index contributed by atoms with van der Waals surface area (Å²) < 4.78 is 5.04. The maximum atomic E-state index is 10.5. The van der Waals surface area contributed by atoms with Gasteiger partial charge in [0.2, 0.25) is 5.91 Å². The van der Waals surface area contributed by atoms with E-state index >= 15 is 0 Å². The van der Waals surface area contributed by atoms with Crippen LogP contribution >= 0.6 is 11.6 Å². The lowest BCUT2D eigenvalue weighted by Crippen LogP contribution is -2.20. The maximum absolute atomic E-state index is 10.5. The summed E-state index contributed by atoms with van der Waals surface area (Å²) >= 11 is 5.97. The molecule has 1 amide bonds. The molecule has 0 saturated carbocycles. The minimum atomic E-state index is -0.489. The predicted molar refractivity (Wildman–Crippen MR) is 73.1 cm³/mol. The number of carbonyl (C=O) groups is 1. The van der Waals surface area contributed by atoms with Crippen molar-refractivity contribution in [3.8, 4) is 0 Å². The van der Waals surface area contributed by atoms with E-state index in [0.29, 0.717) is 24.1 Å². The first kappa shape index (κ1) is 13.5. The number of anilines is 1. The quantitative estimate of drug-likeness (QED) is 0.776. The van der Waals surface area contributed by atoms with Crippen molar-refractivity contribution in [2.24, 2.45) is 5.73 Å². The lowest BCUT2D eigenvalue weighted by molar-refractivity contribution is -0.122. The van der Waals surface area contributed by atoms with Gasteiger partial charge in [-0.15, -0.1) is 10.2 Å². The van der Waals surface area contributed by atoms with Crippen LogP contribution in [0.2, 0.25) is 5.15 Å². The van der Waals surface area contributed by atoms with Gasteiger partial charge < -0.3 is 15.8 Å². The largest absolute Gasteiger partial charge is 0.370 e. The second-order valence-electron chi connectivity index (χ2n) is 3.83. The molecule has 6 nitrogen and oxygen atoms in total. The Morgan fingerprint density at radius 1 is 1.32 bits per heavy atom. The molecule has 100 valence electrons. The third-order valence-electron chi connectivity index (χ3n) is 2.43. The zero-order chi connectivity index (χ0) is 13.7. The number of benzene rings is 1. The van der Waals surface area contributed by atoms with Gasteiger partial charge in [-0.3, -0.25) is 4.79 Å². The Morgan fingerprint density at radius 3 is 2.79 bits per heavy atom. The van der Waals surface area contributed by atoms with Gasteiger partial charge in [0.15, 0.2) is 11.0 Å². The van der Waals surface area contributed by atoms with Crippen LogP contribution in [0.3, 0.4) is 0 Å². The number of rotatable bonds is 6. The minimum Gasteiger partial charge on any atom is -0.370 e. The molecule has 3 N–H and O–H groups in total. The normalized spacial score (nSPS) is 10.6. The van der Waals surface area contributed by atoms with E-state index in [0.717, 1.165) is 10.8 Å². The van der Waals surface area contributed by atoms with Crippen molar-refractivity contribution in [1.29, 1.82) is 0 Å². The van der Waals surface area contributed by atoms with Gasteiger partial charge in [0.1, 0.15) is 6.61 Å². The Labute approximate surface area is 114 Å². The summed E-state index contributed by atoms with van der Waals surface area (Å²) in [5, 5.41) is 13.0. The monoisotopic (exact) mass is 280 g/mol. The Kier molecular flexibility index (Phi) is 4.48. The molecule has 0 bridgehead atoms. The fourth-order valence-electron chi connectivity index (χ4n) is 1.62. The summed E-state index contributed by atoms with van der Waals surface area (Å²) in [7, 11) is 0. The second kappa shape index (κ2) is 6.31. The Hall–Kier alpha value is -1.92. The number of fused-ring (bicyclic) bond motifs is 1. The van der Waals surface area contributed by atoms with Gasteiger partial charge in [-0.2, -0.15) is 0 Å². The van der Waals surface area contributed by atoms with E-state index in [2.05, 4.69) is 15.5 Å². The molecule has 19 heavy (non-hydrogen) atoms. The van der Waals surface area contributed by atoms with Crippen molar-refractivity contribution >= 4 is 34.1 Å². The predicted octanol–water partition coefficient (Wildman–Crippen LogP) is 1.20. The molecule has 1 aromatic heterocycles. The van der Waals surface area contributed by atoms with Gasteiger partial charge in [0.25, 0.3) is 0 Å². The van der Waals surface area contributed by atoms with Crippen molar-refractivity contribution in [3.63, 3.8) is 0 Å². The van der Waals surface area contributed by atoms with Crippen molar-refractivity contribution in [3.05, 3.63) is 29.4 Å². The van der Waals surface area contributed by atoms with Gasteiger partial charge in [-0.25, -0.2) is 0 Å². The van der Waals surface area contributed by atoms with Crippen LogP contribution in [-0.4, -0.2) is 35.9 Å². The first-order chi connectivity index (χ1) is 9.18. The number of ether oxygens (including phenoxy) is 1. The van der Waals surface area contributed by atoms with Crippen LogP contribution < -0.4 is 11.1 Å². The maximum Gasteiger partial charge on any atom is 0.243 e. The topological polar surface area (TPSA) is 90.1 Å². The highest BCUT2D eigenvalue weighted by Gasteiger charge is 2.06. The van der Waals surface area contributed by atoms with Crippen LogP contribution in [0, 0.1) is 0 Å². The van der Waals surface area contributed by atoms with Crippen LogP contribution in [0.1, 0.15) is 0 Å². The number of carbonyl (C=O) groups excluding carboxylic acids is 1. The molecule has 2 rings (SSSR count). The van der Waals surface area contributed by atoms with E-state index in [1.807, 2.05) is 24.3 Å². The number of hydrogen-bond donors (Lipinski definition) is 2. The van der Waals surface area contributed by atoms with Crippen LogP contribution in [0.4, 0.5) is 5.82 Å². The first-order valence-electron chi connectivity index (χ1n) is 5.69. The lowest BCUT2D eigenvalue weighted by Gasteiger charge is -2.08. The third kappa shape index (κ3) is 3.52. The summed E-state index contributed by atoms with van der Waals surface area (Å²) in [6, 6.07) is 7.56. The van der Waals surface area contributed by atoms with Gasteiger partial charge in [0, 0.05) is 17.3 Å². The highest BCUT2D eigenvalue weighted by atomic mass is 35.5. The average Bonchev–Trinajstić information content (AvgIpc) is 2.41. The van der Waals surface area contributed by atoms with Crippen molar-refractivity contribution in [2.45, 2.75) is 0 Å². The first-order valence-corrected chi connectivity index (χ1v) is 6.07. The molecule has 0 aliphatic heterocycles. The summed E-state index contributed by atoms with van der Waals surface area (Å²) in [4.78, 5) is 10.5. The van der Waals surface area contributed by atoms with Crippen molar-refractivity contribution < 1.29 is 9.53 Å². The molecule has 0 radical (unpaired) electrons. The summed E-state index contributed by atoms with van der Waals surface area (Å²) in [6.07, 6.45) is 0. The smallest absolute Gasteiger partial charge is 0.243 e. The summed E-state index contributed by atoms with van der Waals surface area (Å²) in [5.41, 5.74) is 4.96. The zero-order valence-electron chi connectivity index (χ0n) is 10.1. The number of primary amides is 1.